The van der Waals surface area contributed by atoms with Crippen LogP contribution in [0, 0.1) is 0 Å². The Bertz CT molecular complexity index is 783. The second kappa shape index (κ2) is 4.65. The Kier molecular flexibility index (Phi) is 2.95. The minimum atomic E-state index is -4.18. The molecule has 2 saturated heterocycles. The highest BCUT2D eigenvalue weighted by Crippen LogP contribution is 2.52. The summed E-state index contributed by atoms with van der Waals surface area (Å²) in [6.07, 6.45) is -2.49. The predicted molar refractivity (Wildman–Crippen MR) is 68.1 cm³/mol. The molecule has 2 aliphatic rings. The van der Waals surface area contributed by atoms with E-state index in [-0.39, 0.29) is 18.1 Å². The van der Waals surface area contributed by atoms with Gasteiger partial charge in [0.2, 0.25) is 0 Å². The minimum absolute atomic E-state index is 0.0908. The number of aliphatic hydroxyl groups is 1. The van der Waals surface area contributed by atoms with Crippen LogP contribution < -0.4 is 5.73 Å². The molecular formula is C9H11N6O6P. The van der Waals surface area contributed by atoms with E-state index < -0.39 is 32.4 Å². The van der Waals surface area contributed by atoms with Crippen LogP contribution in [0.4, 0.5) is 5.82 Å². The van der Waals surface area contributed by atoms with Crippen LogP contribution in [0.2, 0.25) is 0 Å². The van der Waals surface area contributed by atoms with Crippen molar-refractivity contribution in [3.8, 4) is 0 Å². The maximum atomic E-state index is 11.5. The summed E-state index contributed by atoms with van der Waals surface area (Å²) >= 11 is 0. The number of fused-ring (bicyclic) bond motifs is 2. The van der Waals surface area contributed by atoms with E-state index in [0.29, 0.717) is 5.52 Å². The first-order chi connectivity index (χ1) is 10.5. The lowest BCUT2D eigenvalue weighted by atomic mass is 10.1. The third kappa shape index (κ3) is 2.00. The van der Waals surface area contributed by atoms with Crippen LogP contribution in [0.1, 0.15) is 6.23 Å². The van der Waals surface area contributed by atoms with E-state index in [4.69, 9.17) is 15.0 Å². The summed E-state index contributed by atoms with van der Waals surface area (Å²) in [5.41, 5.74) is 6.23. The second-order valence-electron chi connectivity index (χ2n) is 4.89. The van der Waals surface area contributed by atoms with Gasteiger partial charge in [-0.1, -0.05) is 0 Å². The van der Waals surface area contributed by atoms with Crippen LogP contribution >= 0.6 is 7.82 Å². The van der Waals surface area contributed by atoms with Crippen molar-refractivity contribution in [2.45, 2.75) is 24.5 Å². The van der Waals surface area contributed by atoms with E-state index >= 15 is 0 Å². The molecular weight excluding hydrogens is 319 g/mol. The van der Waals surface area contributed by atoms with Gasteiger partial charge in [-0.15, -0.1) is 10.2 Å². The number of hydrogen-bond acceptors (Lipinski definition) is 10. The fraction of sp³-hybridized carbons (Fsp3) is 0.556. The van der Waals surface area contributed by atoms with Crippen LogP contribution in [0.25, 0.3) is 11.2 Å². The van der Waals surface area contributed by atoms with Crippen molar-refractivity contribution in [2.75, 3.05) is 12.3 Å². The topological polar surface area (TPSA) is 168 Å². The zero-order chi connectivity index (χ0) is 15.5. The van der Waals surface area contributed by atoms with Crippen LogP contribution in [-0.4, -0.2) is 59.9 Å². The number of nitrogens with zero attached hydrogens (tertiary/aromatic N) is 5. The number of phosphoric ester groups is 1. The lowest BCUT2D eigenvalue weighted by Crippen LogP contribution is -2.39. The average molecular weight is 330 g/mol. The Morgan fingerprint density at radius 2 is 2.27 bits per heavy atom. The molecule has 0 amide bonds. The number of hydrogen-bond donors (Lipinski definition) is 3. The van der Waals surface area contributed by atoms with E-state index in [1.165, 1.54) is 10.9 Å². The van der Waals surface area contributed by atoms with Gasteiger partial charge in [-0.3, -0.25) is 13.6 Å². The SMILES string of the molecule is Nc1nnnc2c1ncn2[C@@H]1O[C@@H]2COP(=O)(O)O[C@H]2[C@H]1O. The number of rotatable bonds is 1. The van der Waals surface area contributed by atoms with Crippen LogP contribution in [0.5, 0.6) is 0 Å². The molecule has 0 radical (unpaired) electrons. The summed E-state index contributed by atoms with van der Waals surface area (Å²) in [6.45, 7) is -0.173. The standard InChI is InChI=1S/C9H11N6O6P/c10-7-4-8(13-14-12-7)15(2-11-4)9-5(16)6-3(20-9)1-19-22(17,18)21-6/h2-3,5-6,9,16H,1H2,(H,17,18)(H2,10,12,13)/t3-,5-,6-,9-/m1/s1. The first-order valence-electron chi connectivity index (χ1n) is 6.27. The number of nitrogens with two attached hydrogens (primary N) is 1. The Hall–Kier alpha value is -1.69. The van der Waals surface area contributed by atoms with Gasteiger partial charge in [-0.25, -0.2) is 9.55 Å². The van der Waals surface area contributed by atoms with Gasteiger partial charge in [0.05, 0.1) is 12.9 Å². The highest BCUT2D eigenvalue weighted by molar-refractivity contribution is 7.47. The van der Waals surface area contributed by atoms with Crippen molar-refractivity contribution >= 4 is 24.8 Å². The molecule has 12 nitrogen and oxygen atoms in total. The zero-order valence-corrected chi connectivity index (χ0v) is 11.8. The maximum absolute atomic E-state index is 11.5. The molecule has 4 heterocycles. The molecule has 5 atom stereocenters. The first kappa shape index (κ1) is 13.9. The highest BCUT2D eigenvalue weighted by atomic mass is 31.2. The molecule has 22 heavy (non-hydrogen) atoms. The van der Waals surface area contributed by atoms with E-state index in [2.05, 4.69) is 24.9 Å². The monoisotopic (exact) mass is 330 g/mol. The number of ether oxygens (including phenoxy) is 1. The number of anilines is 1. The van der Waals surface area contributed by atoms with E-state index in [9.17, 15) is 14.6 Å². The fourth-order valence-electron chi connectivity index (χ4n) is 2.55. The van der Waals surface area contributed by atoms with Crippen molar-refractivity contribution in [1.82, 2.24) is 25.0 Å². The molecule has 0 bridgehead atoms. The molecule has 0 aromatic carbocycles. The van der Waals surface area contributed by atoms with E-state index in [0.717, 1.165) is 0 Å². The molecule has 118 valence electrons. The molecule has 4 rings (SSSR count). The summed E-state index contributed by atoms with van der Waals surface area (Å²) < 4.78 is 28.0. The van der Waals surface area contributed by atoms with Crippen LogP contribution in [0.3, 0.4) is 0 Å². The zero-order valence-electron chi connectivity index (χ0n) is 10.9. The van der Waals surface area contributed by atoms with Gasteiger partial charge in [0.25, 0.3) is 0 Å². The Labute approximate surface area is 122 Å². The summed E-state index contributed by atoms with van der Waals surface area (Å²) in [6, 6.07) is 0. The summed E-state index contributed by atoms with van der Waals surface area (Å²) in [5.74, 6) is 0.0908. The largest absolute Gasteiger partial charge is 0.472 e. The first-order valence-corrected chi connectivity index (χ1v) is 7.76. The molecule has 2 fully saturated rings. The summed E-state index contributed by atoms with van der Waals surface area (Å²) in [4.78, 5) is 13.4. The molecule has 0 aliphatic carbocycles. The molecule has 1 unspecified atom stereocenters. The molecule has 2 aromatic heterocycles. The van der Waals surface area contributed by atoms with Crippen LogP contribution in [-0.2, 0) is 18.3 Å². The number of nitrogen functional groups attached to an aromatic ring is 1. The molecule has 0 saturated carbocycles. The molecule has 2 aliphatic heterocycles. The molecule has 4 N–H and O–H groups in total. The average Bonchev–Trinajstić information content (AvgIpc) is 3.01. The van der Waals surface area contributed by atoms with Gasteiger partial charge < -0.3 is 20.5 Å². The van der Waals surface area contributed by atoms with Crippen molar-refractivity contribution in [1.29, 1.82) is 0 Å². The van der Waals surface area contributed by atoms with Crippen molar-refractivity contribution in [2.24, 2.45) is 0 Å². The predicted octanol–water partition coefficient (Wildman–Crippen LogP) is -1.42. The van der Waals surface area contributed by atoms with Crippen molar-refractivity contribution < 1.29 is 28.3 Å². The van der Waals surface area contributed by atoms with Gasteiger partial charge in [-0.05, 0) is 5.21 Å². The molecule has 13 heteroatoms. The number of imidazole rings is 1. The van der Waals surface area contributed by atoms with Gasteiger partial charge in [-0.2, -0.15) is 0 Å². The third-order valence-corrected chi connectivity index (χ3v) is 4.53. The lowest BCUT2D eigenvalue weighted by molar-refractivity contribution is -0.0664. The van der Waals surface area contributed by atoms with Gasteiger partial charge in [0, 0.05) is 0 Å². The van der Waals surface area contributed by atoms with Crippen LogP contribution in [0.15, 0.2) is 6.33 Å². The lowest BCUT2D eigenvalue weighted by Gasteiger charge is -2.27. The second-order valence-corrected chi connectivity index (χ2v) is 6.29. The van der Waals surface area contributed by atoms with Gasteiger partial charge in [0.1, 0.15) is 18.3 Å². The highest BCUT2D eigenvalue weighted by Gasteiger charge is 2.52. The molecule has 2 aromatic rings. The summed E-state index contributed by atoms with van der Waals surface area (Å²) in [5, 5.41) is 21.2. The smallest absolute Gasteiger partial charge is 0.386 e. The van der Waals surface area contributed by atoms with Gasteiger partial charge >= 0.3 is 7.82 Å². The summed E-state index contributed by atoms with van der Waals surface area (Å²) in [7, 11) is -4.18. The third-order valence-electron chi connectivity index (χ3n) is 3.54. The number of aliphatic hydroxyl groups excluding tert-OH is 1. The van der Waals surface area contributed by atoms with Crippen molar-refractivity contribution in [3.63, 3.8) is 0 Å². The normalized spacial score (nSPS) is 38.3. The van der Waals surface area contributed by atoms with Crippen molar-refractivity contribution in [3.05, 3.63) is 6.33 Å². The minimum Gasteiger partial charge on any atom is -0.386 e. The number of phosphoric acid groups is 1. The Balaban J connectivity index is 1.71. The number of aromatic nitrogens is 5. The van der Waals surface area contributed by atoms with E-state index in [1.807, 2.05) is 0 Å². The Morgan fingerprint density at radius 1 is 1.45 bits per heavy atom. The Morgan fingerprint density at radius 3 is 3.09 bits per heavy atom. The molecule has 0 spiro atoms. The quantitative estimate of drug-likeness (QED) is 0.524. The fourth-order valence-corrected chi connectivity index (χ4v) is 3.51. The maximum Gasteiger partial charge on any atom is 0.472 e. The van der Waals surface area contributed by atoms with Gasteiger partial charge in [0.15, 0.2) is 23.2 Å². The van der Waals surface area contributed by atoms with E-state index in [1.54, 1.807) is 0 Å².